The summed E-state index contributed by atoms with van der Waals surface area (Å²) in [5.74, 6) is 0. The molecule has 0 aromatic heterocycles. The largest absolute Gasteiger partial charge is 0.465 e. The van der Waals surface area contributed by atoms with E-state index >= 15 is 0 Å². The third-order valence-electron chi connectivity index (χ3n) is 6.69. The summed E-state index contributed by atoms with van der Waals surface area (Å²) < 4.78 is 1.03. The van der Waals surface area contributed by atoms with Crippen LogP contribution >= 0.6 is 15.9 Å². The van der Waals surface area contributed by atoms with Gasteiger partial charge in [-0.1, -0.05) is 58.4 Å². The van der Waals surface area contributed by atoms with Crippen LogP contribution in [0.5, 0.6) is 0 Å². The zero-order chi connectivity index (χ0) is 19.1. The minimum Gasteiger partial charge on any atom is -0.465 e. The van der Waals surface area contributed by atoms with Gasteiger partial charge in [-0.25, -0.2) is 4.79 Å². The molecule has 142 valence electrons. The van der Waals surface area contributed by atoms with Crippen LogP contribution in [0.25, 0.3) is 0 Å². The Morgan fingerprint density at radius 1 is 1.04 bits per heavy atom. The van der Waals surface area contributed by atoms with Crippen LogP contribution in [0.4, 0.5) is 4.79 Å². The van der Waals surface area contributed by atoms with Crippen LogP contribution in [-0.2, 0) is 12.0 Å². The topological polar surface area (TPSA) is 60.8 Å². The van der Waals surface area contributed by atoms with Crippen molar-refractivity contribution in [3.05, 3.63) is 70.2 Å². The van der Waals surface area contributed by atoms with E-state index < -0.39 is 17.7 Å². The van der Waals surface area contributed by atoms with Crippen molar-refractivity contribution in [3.8, 4) is 0 Å². The highest BCUT2D eigenvalue weighted by Gasteiger charge is 2.57. The summed E-state index contributed by atoms with van der Waals surface area (Å²) in [6, 6.07) is 17.9. The van der Waals surface area contributed by atoms with Gasteiger partial charge in [-0.05, 0) is 55.4 Å². The van der Waals surface area contributed by atoms with Gasteiger partial charge in [-0.2, -0.15) is 0 Å². The van der Waals surface area contributed by atoms with Gasteiger partial charge in [0.05, 0.1) is 6.10 Å². The number of rotatable bonds is 4. The fourth-order valence-corrected chi connectivity index (χ4v) is 5.37. The molecule has 3 aliphatic carbocycles. The van der Waals surface area contributed by atoms with Gasteiger partial charge in [0, 0.05) is 22.0 Å². The quantitative estimate of drug-likeness (QED) is 0.722. The van der Waals surface area contributed by atoms with Crippen molar-refractivity contribution in [2.75, 3.05) is 0 Å². The Hall–Kier alpha value is -1.85. The van der Waals surface area contributed by atoms with Gasteiger partial charge >= 0.3 is 6.09 Å². The molecule has 1 atom stereocenters. The Morgan fingerprint density at radius 2 is 1.67 bits per heavy atom. The van der Waals surface area contributed by atoms with E-state index in [1.165, 1.54) is 0 Å². The van der Waals surface area contributed by atoms with Gasteiger partial charge in [0.2, 0.25) is 0 Å². The number of nitrogens with zero attached hydrogens (tertiary/aromatic N) is 1. The first kappa shape index (κ1) is 18.5. The lowest BCUT2D eigenvalue weighted by molar-refractivity contribution is -0.0927. The van der Waals surface area contributed by atoms with E-state index in [1.807, 2.05) is 42.5 Å². The number of carboxylic acid groups (broad SMARTS) is 1. The van der Waals surface area contributed by atoms with Crippen molar-refractivity contribution in [3.63, 3.8) is 0 Å². The molecule has 2 aromatic carbocycles. The molecule has 4 nitrogen and oxygen atoms in total. The second kappa shape index (κ2) is 6.95. The van der Waals surface area contributed by atoms with Crippen LogP contribution in [0.1, 0.15) is 43.2 Å². The molecule has 27 heavy (non-hydrogen) atoms. The summed E-state index contributed by atoms with van der Waals surface area (Å²) in [5.41, 5.74) is 1.42. The Morgan fingerprint density at radius 3 is 2.22 bits per heavy atom. The zero-order valence-corrected chi connectivity index (χ0v) is 16.7. The van der Waals surface area contributed by atoms with Crippen LogP contribution in [-0.4, -0.2) is 32.8 Å². The van der Waals surface area contributed by atoms with E-state index in [2.05, 4.69) is 28.1 Å². The average molecular weight is 430 g/mol. The van der Waals surface area contributed by atoms with E-state index in [9.17, 15) is 15.0 Å². The van der Waals surface area contributed by atoms with Crippen LogP contribution < -0.4 is 0 Å². The molecule has 3 fully saturated rings. The molecule has 3 saturated carbocycles. The lowest BCUT2D eigenvalue weighted by atomic mass is 9.53. The predicted octanol–water partition coefficient (Wildman–Crippen LogP) is 4.94. The van der Waals surface area contributed by atoms with Gasteiger partial charge < -0.3 is 10.2 Å². The fourth-order valence-electron chi connectivity index (χ4n) is 5.10. The highest BCUT2D eigenvalue weighted by molar-refractivity contribution is 9.10. The average Bonchev–Trinajstić information content (AvgIpc) is 2.68. The summed E-state index contributed by atoms with van der Waals surface area (Å²) in [6.45, 7) is 0.369. The lowest BCUT2D eigenvalue weighted by Crippen LogP contribution is -2.64. The van der Waals surface area contributed by atoms with E-state index in [0.717, 1.165) is 41.3 Å². The Kier molecular flexibility index (Phi) is 4.77. The Labute approximate surface area is 168 Å². The third-order valence-corrected chi connectivity index (χ3v) is 7.22. The summed E-state index contributed by atoms with van der Waals surface area (Å²) in [5, 5.41) is 21.0. The summed E-state index contributed by atoms with van der Waals surface area (Å²) in [6.07, 6.45) is 2.28. The predicted molar refractivity (Wildman–Crippen MR) is 108 cm³/mol. The number of hydrogen-bond donors (Lipinski definition) is 2. The molecule has 0 aliphatic heterocycles. The molecule has 0 radical (unpaired) electrons. The molecule has 2 aromatic rings. The van der Waals surface area contributed by atoms with E-state index in [1.54, 1.807) is 4.90 Å². The molecule has 1 amide bonds. The normalized spacial score (nSPS) is 29.5. The molecule has 0 heterocycles. The highest BCUT2D eigenvalue weighted by Crippen LogP contribution is 2.56. The van der Waals surface area contributed by atoms with Crippen LogP contribution in [0.2, 0.25) is 0 Å². The first-order valence-corrected chi connectivity index (χ1v) is 10.2. The van der Waals surface area contributed by atoms with Crippen molar-refractivity contribution < 1.29 is 15.0 Å². The first-order valence-electron chi connectivity index (χ1n) is 9.44. The van der Waals surface area contributed by atoms with Crippen molar-refractivity contribution in [2.45, 2.75) is 55.7 Å². The number of amides is 1. The van der Waals surface area contributed by atoms with Crippen molar-refractivity contribution in [2.24, 2.45) is 0 Å². The molecular weight excluding hydrogens is 406 g/mol. The second-order valence-corrected chi connectivity index (χ2v) is 8.88. The Balaban J connectivity index is 1.61. The molecule has 2 bridgehead atoms. The number of benzene rings is 2. The van der Waals surface area contributed by atoms with Crippen LogP contribution in [0, 0.1) is 0 Å². The molecule has 0 unspecified atom stereocenters. The molecule has 3 aliphatic rings. The number of aliphatic hydroxyl groups excluding tert-OH is 1. The van der Waals surface area contributed by atoms with Crippen molar-refractivity contribution in [1.82, 2.24) is 4.90 Å². The maximum Gasteiger partial charge on any atom is 0.408 e. The van der Waals surface area contributed by atoms with Gasteiger partial charge in [-0.15, -0.1) is 0 Å². The van der Waals surface area contributed by atoms with E-state index in [4.69, 9.17) is 0 Å². The van der Waals surface area contributed by atoms with Crippen LogP contribution in [0.15, 0.2) is 59.1 Å². The summed E-state index contributed by atoms with van der Waals surface area (Å²) in [4.78, 5) is 13.7. The molecule has 0 spiro atoms. The first-order chi connectivity index (χ1) is 13.0. The third kappa shape index (κ3) is 3.17. The molecular formula is C22H24BrNO3. The Bertz CT molecular complexity index is 813. The molecule has 5 heteroatoms. The van der Waals surface area contributed by atoms with Gasteiger partial charge in [-0.3, -0.25) is 4.90 Å². The smallest absolute Gasteiger partial charge is 0.408 e. The number of fused-ring (bicyclic) bond motifs is 3. The van der Waals surface area contributed by atoms with Gasteiger partial charge in [0.15, 0.2) is 0 Å². The van der Waals surface area contributed by atoms with Crippen molar-refractivity contribution >= 4 is 22.0 Å². The second-order valence-electron chi connectivity index (χ2n) is 7.96. The maximum absolute atomic E-state index is 12.1. The number of hydrogen-bond acceptors (Lipinski definition) is 2. The highest BCUT2D eigenvalue weighted by atomic mass is 79.9. The van der Waals surface area contributed by atoms with E-state index in [0.29, 0.717) is 13.0 Å². The SMILES string of the molecule is O=C(O)N(Cc1ccccc1)C12CCC(c3ccc(Br)cc3)(CC1)[C@@H](O)C2. The molecule has 0 saturated heterocycles. The number of halogens is 1. The lowest BCUT2D eigenvalue weighted by Gasteiger charge is -2.59. The maximum atomic E-state index is 12.1. The van der Waals surface area contributed by atoms with Gasteiger partial charge in [0.25, 0.3) is 0 Å². The minimum atomic E-state index is -0.899. The monoisotopic (exact) mass is 429 g/mol. The van der Waals surface area contributed by atoms with Crippen LogP contribution in [0.3, 0.4) is 0 Å². The number of aliphatic hydroxyl groups is 1. The molecule has 5 rings (SSSR count). The zero-order valence-electron chi connectivity index (χ0n) is 15.1. The standard InChI is InChI=1S/C22H24BrNO3/c23-18-8-6-17(7-9-18)22-12-10-21(11-13-22,14-19(22)25)24(20(26)27)15-16-4-2-1-3-5-16/h1-9,19,25H,10-15H2,(H,26,27)/t19-,21?,22?/m0/s1. The van der Waals surface area contributed by atoms with Gasteiger partial charge in [0.1, 0.15) is 0 Å². The van der Waals surface area contributed by atoms with E-state index in [-0.39, 0.29) is 5.41 Å². The van der Waals surface area contributed by atoms with Crippen molar-refractivity contribution in [1.29, 1.82) is 0 Å². The number of carbonyl (C=O) groups is 1. The summed E-state index contributed by atoms with van der Waals surface area (Å²) >= 11 is 3.47. The summed E-state index contributed by atoms with van der Waals surface area (Å²) in [7, 11) is 0. The fraction of sp³-hybridized carbons (Fsp3) is 0.409. The molecule has 2 N–H and O–H groups in total. The minimum absolute atomic E-state index is 0.251.